The molecule has 2 aliphatic heterocycles. The van der Waals surface area contributed by atoms with Crippen molar-refractivity contribution in [1.82, 2.24) is 0 Å². The van der Waals surface area contributed by atoms with Crippen molar-refractivity contribution in [3.05, 3.63) is 101 Å². The summed E-state index contributed by atoms with van der Waals surface area (Å²) in [5.74, 6) is -0.0627. The van der Waals surface area contributed by atoms with E-state index in [4.69, 9.17) is 4.74 Å². The summed E-state index contributed by atoms with van der Waals surface area (Å²) in [4.78, 5) is 16.2. The fourth-order valence-corrected chi connectivity index (χ4v) is 5.43. The molecule has 5 heteroatoms. The molecule has 3 aromatic carbocycles. The fraction of sp³-hybridized carbons (Fsp3) is 0.233. The molecule has 1 fully saturated rings. The van der Waals surface area contributed by atoms with E-state index in [1.54, 1.807) is 0 Å². The van der Waals surface area contributed by atoms with E-state index in [1.165, 1.54) is 0 Å². The minimum absolute atomic E-state index is 0.105. The molecule has 35 heavy (non-hydrogen) atoms. The average molecular weight is 460 g/mol. The molecule has 172 valence electrons. The Morgan fingerprint density at radius 2 is 1.69 bits per heavy atom. The first-order chi connectivity index (χ1) is 17.0. The molecule has 1 saturated heterocycles. The number of ketones is 1. The van der Waals surface area contributed by atoms with E-state index in [1.807, 2.05) is 104 Å². The Labute approximate surface area is 205 Å². The molecule has 0 amide bonds. The van der Waals surface area contributed by atoms with Gasteiger partial charge in [0.25, 0.3) is 0 Å². The van der Waals surface area contributed by atoms with E-state index in [0.29, 0.717) is 17.9 Å². The lowest BCUT2D eigenvalue weighted by molar-refractivity contribution is 0.0951. The van der Waals surface area contributed by atoms with Crippen molar-refractivity contribution in [2.45, 2.75) is 31.8 Å². The van der Waals surface area contributed by atoms with Gasteiger partial charge in [-0.25, -0.2) is 0 Å². The summed E-state index contributed by atoms with van der Waals surface area (Å²) >= 11 is 0. The quantitative estimate of drug-likeness (QED) is 0.459. The number of aryl methyl sites for hydroxylation is 1. The number of nitrogens with zero attached hydrogens (tertiary/aromatic N) is 3. The van der Waals surface area contributed by atoms with Crippen LogP contribution in [0.5, 0.6) is 5.75 Å². The predicted octanol–water partition coefficient (Wildman–Crippen LogP) is 5.68. The van der Waals surface area contributed by atoms with Gasteiger partial charge in [-0.3, -0.25) is 4.79 Å². The van der Waals surface area contributed by atoms with Crippen LogP contribution < -0.4 is 9.64 Å². The highest BCUT2D eigenvalue weighted by molar-refractivity contribution is 6.04. The molecule has 3 aromatic rings. The van der Waals surface area contributed by atoms with Crippen LogP contribution in [-0.2, 0) is 0 Å². The van der Waals surface area contributed by atoms with Crippen LogP contribution in [-0.4, -0.2) is 24.5 Å². The standard InChI is InChI=1S/C30H25N3O2/c1-3-35-24-15-12-22(13-16-24)27-28(29(34)23-10-8-20(2)9-11-23)33-25-7-5-4-6-21(25)14-17-26(33)30(27,18-31)19-32/h4-17,26-28H,3H2,1-2H3/t26-,27+,28-/m0/s1. The normalized spacial score (nSPS) is 21.4. The number of ether oxygens (including phenoxy) is 1. The molecule has 0 aromatic heterocycles. The number of carbonyl (C=O) groups is 1. The topological polar surface area (TPSA) is 77.1 Å². The van der Waals surface area contributed by atoms with Gasteiger partial charge in [-0.15, -0.1) is 0 Å². The Kier molecular flexibility index (Phi) is 5.63. The third-order valence-electron chi connectivity index (χ3n) is 7.07. The lowest BCUT2D eigenvalue weighted by Gasteiger charge is -2.35. The van der Waals surface area contributed by atoms with Gasteiger partial charge in [-0.2, -0.15) is 10.5 Å². The maximum Gasteiger partial charge on any atom is 0.185 e. The first kappa shape index (κ1) is 22.4. The minimum Gasteiger partial charge on any atom is -0.494 e. The molecule has 0 spiro atoms. The molecule has 3 atom stereocenters. The Morgan fingerprint density at radius 3 is 2.34 bits per heavy atom. The predicted molar refractivity (Wildman–Crippen MR) is 135 cm³/mol. The van der Waals surface area contributed by atoms with Crippen molar-refractivity contribution in [2.24, 2.45) is 5.41 Å². The van der Waals surface area contributed by atoms with Crippen LogP contribution in [0.3, 0.4) is 0 Å². The van der Waals surface area contributed by atoms with Gasteiger partial charge in [0, 0.05) is 17.2 Å². The molecule has 5 rings (SSSR count). The number of anilines is 1. The summed E-state index contributed by atoms with van der Waals surface area (Å²) in [7, 11) is 0. The van der Waals surface area contributed by atoms with E-state index < -0.39 is 23.4 Å². The van der Waals surface area contributed by atoms with Crippen LogP contribution in [0.4, 0.5) is 5.69 Å². The molecule has 0 unspecified atom stereocenters. The number of carbonyl (C=O) groups excluding carboxylic acids is 1. The smallest absolute Gasteiger partial charge is 0.185 e. The monoisotopic (exact) mass is 459 g/mol. The second kappa shape index (κ2) is 8.78. The summed E-state index contributed by atoms with van der Waals surface area (Å²) in [6.45, 7) is 4.43. The maximum atomic E-state index is 14.2. The maximum absolute atomic E-state index is 14.2. The molecule has 5 nitrogen and oxygen atoms in total. The van der Waals surface area contributed by atoms with Crippen molar-refractivity contribution in [3.8, 4) is 17.9 Å². The molecule has 0 bridgehead atoms. The molecule has 0 radical (unpaired) electrons. The zero-order valence-corrected chi connectivity index (χ0v) is 19.7. The van der Waals surface area contributed by atoms with Gasteiger partial charge in [-0.1, -0.05) is 72.3 Å². The number of Topliss-reactive ketones (excluding diaryl/α,β-unsaturated/α-hetero) is 1. The zero-order valence-electron chi connectivity index (χ0n) is 19.7. The average Bonchev–Trinajstić information content (AvgIpc) is 3.20. The Hall–Kier alpha value is -4.35. The van der Waals surface area contributed by atoms with E-state index in [-0.39, 0.29) is 5.78 Å². The summed E-state index contributed by atoms with van der Waals surface area (Å²) in [5, 5.41) is 21.0. The molecule has 2 aliphatic rings. The number of nitriles is 2. The largest absolute Gasteiger partial charge is 0.494 e. The number of hydrogen-bond donors (Lipinski definition) is 0. The van der Waals surface area contributed by atoms with Gasteiger partial charge in [0.2, 0.25) is 0 Å². The summed E-state index contributed by atoms with van der Waals surface area (Å²) in [6, 6.07) is 26.1. The van der Waals surface area contributed by atoms with Crippen molar-refractivity contribution in [3.63, 3.8) is 0 Å². The number of para-hydroxylation sites is 1. The Morgan fingerprint density at radius 1 is 1.00 bits per heavy atom. The zero-order chi connectivity index (χ0) is 24.6. The van der Waals surface area contributed by atoms with Crippen molar-refractivity contribution in [1.29, 1.82) is 10.5 Å². The summed E-state index contributed by atoms with van der Waals surface area (Å²) in [5.41, 5.74) is 2.75. The highest BCUT2D eigenvalue weighted by Gasteiger charge is 2.63. The van der Waals surface area contributed by atoms with E-state index in [9.17, 15) is 15.3 Å². The van der Waals surface area contributed by atoms with Crippen LogP contribution in [0.25, 0.3) is 6.08 Å². The molecule has 0 saturated carbocycles. The molecule has 2 heterocycles. The first-order valence-electron chi connectivity index (χ1n) is 11.8. The van der Waals surface area contributed by atoms with Crippen molar-refractivity contribution in [2.75, 3.05) is 11.5 Å². The van der Waals surface area contributed by atoms with Crippen LogP contribution in [0.2, 0.25) is 0 Å². The SMILES string of the molecule is CCOc1ccc([C@@H]2[C@@H](C(=O)c3ccc(C)cc3)N3c4ccccc4C=C[C@H]3C2(C#N)C#N)cc1. The minimum atomic E-state index is -1.46. The Balaban J connectivity index is 1.74. The van der Waals surface area contributed by atoms with E-state index >= 15 is 0 Å². The summed E-state index contributed by atoms with van der Waals surface area (Å²) < 4.78 is 5.61. The lowest BCUT2D eigenvalue weighted by atomic mass is 9.69. The third kappa shape index (κ3) is 3.49. The fourth-order valence-electron chi connectivity index (χ4n) is 5.43. The highest BCUT2D eigenvalue weighted by atomic mass is 16.5. The van der Waals surface area contributed by atoms with E-state index in [0.717, 1.165) is 22.4 Å². The van der Waals surface area contributed by atoms with Crippen LogP contribution >= 0.6 is 0 Å². The van der Waals surface area contributed by atoms with Crippen molar-refractivity contribution >= 4 is 17.5 Å². The van der Waals surface area contributed by atoms with Gasteiger partial charge < -0.3 is 9.64 Å². The van der Waals surface area contributed by atoms with Gasteiger partial charge >= 0.3 is 0 Å². The molecular formula is C30H25N3O2. The highest BCUT2D eigenvalue weighted by Crippen LogP contribution is 2.55. The molecule has 0 aliphatic carbocycles. The van der Waals surface area contributed by atoms with Crippen molar-refractivity contribution < 1.29 is 9.53 Å². The summed E-state index contributed by atoms with van der Waals surface area (Å²) in [6.07, 6.45) is 3.85. The first-order valence-corrected chi connectivity index (χ1v) is 11.8. The number of fused-ring (bicyclic) bond motifs is 3. The number of benzene rings is 3. The third-order valence-corrected chi connectivity index (χ3v) is 7.07. The van der Waals surface area contributed by atoms with E-state index in [2.05, 4.69) is 12.1 Å². The molecule has 0 N–H and O–H groups in total. The number of rotatable bonds is 5. The van der Waals surface area contributed by atoms with Crippen LogP contribution in [0, 0.1) is 35.0 Å². The molecular weight excluding hydrogens is 434 g/mol. The Bertz CT molecular complexity index is 1360. The van der Waals surface area contributed by atoms with Crippen LogP contribution in [0.1, 0.15) is 39.9 Å². The second-order valence-corrected chi connectivity index (χ2v) is 9.02. The van der Waals surface area contributed by atoms with Gasteiger partial charge in [0.15, 0.2) is 11.2 Å². The number of hydrogen-bond acceptors (Lipinski definition) is 5. The lowest BCUT2D eigenvalue weighted by Crippen LogP contribution is -2.44. The van der Waals surface area contributed by atoms with Gasteiger partial charge in [-0.05, 0) is 43.2 Å². The van der Waals surface area contributed by atoms with Gasteiger partial charge in [0.05, 0.1) is 24.8 Å². The van der Waals surface area contributed by atoms with Crippen LogP contribution in [0.15, 0.2) is 78.9 Å². The second-order valence-electron chi connectivity index (χ2n) is 9.02. The van der Waals surface area contributed by atoms with Gasteiger partial charge in [0.1, 0.15) is 11.8 Å².